The molecule has 0 fully saturated rings. The van der Waals surface area contributed by atoms with Gasteiger partial charge in [0.1, 0.15) is 0 Å². The standard InChI is InChI=1S/C6H12N2O4S/c7-3-1-2-4-8-13(11,12)5-6(9)10/h1-2,8H,3-5,7H2,(H,9,10)/b2-1+. The van der Waals surface area contributed by atoms with Crippen LogP contribution in [-0.2, 0) is 14.8 Å². The first-order valence-electron chi connectivity index (χ1n) is 3.52. The molecule has 7 heteroatoms. The fourth-order valence-electron chi connectivity index (χ4n) is 0.568. The number of carboxylic acids is 1. The molecule has 76 valence electrons. The second kappa shape index (κ2) is 5.68. The Morgan fingerprint density at radius 2 is 2.08 bits per heavy atom. The average molecular weight is 208 g/mol. The van der Waals surface area contributed by atoms with Gasteiger partial charge in [-0.3, -0.25) is 4.79 Å². The van der Waals surface area contributed by atoms with Gasteiger partial charge in [-0.1, -0.05) is 12.2 Å². The maximum Gasteiger partial charge on any atom is 0.320 e. The van der Waals surface area contributed by atoms with Crippen LogP contribution in [-0.4, -0.2) is 38.3 Å². The predicted octanol–water partition coefficient (Wildman–Crippen LogP) is -1.49. The molecule has 0 rings (SSSR count). The van der Waals surface area contributed by atoms with Crippen LogP contribution in [0.25, 0.3) is 0 Å². The van der Waals surface area contributed by atoms with Gasteiger partial charge in [-0.25, -0.2) is 13.1 Å². The SMILES string of the molecule is NC/C=C/CNS(=O)(=O)CC(=O)O. The quantitative estimate of drug-likeness (QED) is 0.460. The lowest BCUT2D eigenvalue weighted by atomic mass is 10.5. The molecule has 0 unspecified atom stereocenters. The molecule has 0 aromatic rings. The molecule has 0 heterocycles. The number of sulfonamides is 1. The van der Waals surface area contributed by atoms with Crippen molar-refractivity contribution in [2.24, 2.45) is 5.73 Å². The molecule has 0 aliphatic carbocycles. The summed E-state index contributed by atoms with van der Waals surface area (Å²) in [6, 6.07) is 0. The molecule has 0 saturated heterocycles. The third-order valence-corrected chi connectivity index (χ3v) is 2.27. The van der Waals surface area contributed by atoms with Gasteiger partial charge in [-0.05, 0) is 0 Å². The summed E-state index contributed by atoms with van der Waals surface area (Å²) in [5.74, 6) is -2.29. The highest BCUT2D eigenvalue weighted by atomic mass is 32.2. The topological polar surface area (TPSA) is 109 Å². The molecule has 0 aromatic heterocycles. The highest BCUT2D eigenvalue weighted by Crippen LogP contribution is 1.83. The van der Waals surface area contributed by atoms with Crippen molar-refractivity contribution >= 4 is 16.0 Å². The Bertz CT molecular complexity index is 283. The second-order valence-corrected chi connectivity index (χ2v) is 4.02. The van der Waals surface area contributed by atoms with Gasteiger partial charge in [-0.15, -0.1) is 0 Å². The van der Waals surface area contributed by atoms with Crippen LogP contribution in [0, 0.1) is 0 Å². The Kier molecular flexibility index (Phi) is 5.28. The monoisotopic (exact) mass is 208 g/mol. The van der Waals surface area contributed by atoms with Crippen LogP contribution in [0.4, 0.5) is 0 Å². The van der Waals surface area contributed by atoms with E-state index < -0.39 is 21.7 Å². The highest BCUT2D eigenvalue weighted by molar-refractivity contribution is 7.90. The first-order valence-corrected chi connectivity index (χ1v) is 5.17. The third kappa shape index (κ3) is 7.44. The van der Waals surface area contributed by atoms with Crippen LogP contribution >= 0.6 is 0 Å². The average Bonchev–Trinajstić information content (AvgIpc) is 1.95. The van der Waals surface area contributed by atoms with E-state index in [1.54, 1.807) is 6.08 Å². The van der Waals surface area contributed by atoms with E-state index in [0.717, 1.165) is 0 Å². The van der Waals surface area contributed by atoms with Crippen LogP contribution in [0.5, 0.6) is 0 Å². The molecule has 0 spiro atoms. The van der Waals surface area contributed by atoms with Crippen LogP contribution < -0.4 is 10.5 Å². The number of hydrogen-bond acceptors (Lipinski definition) is 4. The minimum atomic E-state index is -3.70. The fourth-order valence-corrected chi connectivity index (χ4v) is 1.35. The van der Waals surface area contributed by atoms with Crippen LogP contribution in [0.1, 0.15) is 0 Å². The molecule has 0 aliphatic rings. The Morgan fingerprint density at radius 3 is 2.54 bits per heavy atom. The molecule has 13 heavy (non-hydrogen) atoms. The van der Waals surface area contributed by atoms with E-state index in [1.807, 2.05) is 0 Å². The molecular weight excluding hydrogens is 196 g/mol. The van der Waals surface area contributed by atoms with Crippen molar-refractivity contribution in [2.45, 2.75) is 0 Å². The Balaban J connectivity index is 3.90. The highest BCUT2D eigenvalue weighted by Gasteiger charge is 2.13. The van der Waals surface area contributed by atoms with Crippen LogP contribution in [0.3, 0.4) is 0 Å². The lowest BCUT2D eigenvalue weighted by Crippen LogP contribution is -2.30. The van der Waals surface area contributed by atoms with Crippen molar-refractivity contribution in [3.05, 3.63) is 12.2 Å². The van der Waals surface area contributed by atoms with Crippen molar-refractivity contribution in [1.82, 2.24) is 4.72 Å². The first kappa shape index (κ1) is 12.1. The van der Waals surface area contributed by atoms with E-state index in [1.165, 1.54) is 6.08 Å². The number of carbonyl (C=O) groups is 1. The summed E-state index contributed by atoms with van der Waals surface area (Å²) >= 11 is 0. The molecular formula is C6H12N2O4S. The van der Waals surface area contributed by atoms with Crippen LogP contribution in [0.2, 0.25) is 0 Å². The third-order valence-electron chi connectivity index (χ3n) is 1.04. The fraction of sp³-hybridized carbons (Fsp3) is 0.500. The summed E-state index contributed by atoms with van der Waals surface area (Å²) in [7, 11) is -3.70. The molecule has 0 aromatic carbocycles. The van der Waals surface area contributed by atoms with E-state index in [-0.39, 0.29) is 6.54 Å². The van der Waals surface area contributed by atoms with Gasteiger partial charge in [0.05, 0.1) is 0 Å². The number of nitrogens with one attached hydrogen (secondary N) is 1. The number of hydrogen-bond donors (Lipinski definition) is 3. The Morgan fingerprint density at radius 1 is 1.46 bits per heavy atom. The lowest BCUT2D eigenvalue weighted by molar-refractivity contribution is -0.134. The van der Waals surface area contributed by atoms with Gasteiger partial charge < -0.3 is 10.8 Å². The number of rotatable bonds is 6. The van der Waals surface area contributed by atoms with Gasteiger partial charge in [0.15, 0.2) is 5.75 Å². The lowest BCUT2D eigenvalue weighted by Gasteiger charge is -1.99. The molecule has 0 aliphatic heterocycles. The van der Waals surface area contributed by atoms with Crippen molar-refractivity contribution in [3.63, 3.8) is 0 Å². The van der Waals surface area contributed by atoms with E-state index >= 15 is 0 Å². The first-order chi connectivity index (χ1) is 5.98. The molecule has 0 amide bonds. The number of aliphatic carboxylic acids is 1. The molecule has 0 saturated carbocycles. The Labute approximate surface area is 76.5 Å². The largest absolute Gasteiger partial charge is 0.480 e. The summed E-state index contributed by atoms with van der Waals surface area (Å²) in [5, 5.41) is 8.19. The van der Waals surface area contributed by atoms with Crippen molar-refractivity contribution in [1.29, 1.82) is 0 Å². The minimum absolute atomic E-state index is 0.0623. The van der Waals surface area contributed by atoms with E-state index in [0.29, 0.717) is 6.54 Å². The molecule has 4 N–H and O–H groups in total. The maximum absolute atomic E-state index is 10.8. The summed E-state index contributed by atoms with van der Waals surface area (Å²) in [6.45, 7) is 0.382. The smallest absolute Gasteiger partial charge is 0.320 e. The number of nitrogens with two attached hydrogens (primary N) is 1. The van der Waals surface area contributed by atoms with Gasteiger partial charge >= 0.3 is 5.97 Å². The summed E-state index contributed by atoms with van der Waals surface area (Å²) in [5.41, 5.74) is 5.10. The van der Waals surface area contributed by atoms with Crippen LogP contribution in [0.15, 0.2) is 12.2 Å². The molecule has 6 nitrogen and oxygen atoms in total. The van der Waals surface area contributed by atoms with Crippen molar-refractivity contribution in [2.75, 3.05) is 18.8 Å². The zero-order valence-corrected chi connectivity index (χ0v) is 7.75. The zero-order chi connectivity index (χ0) is 10.3. The number of carboxylic acid groups (broad SMARTS) is 1. The van der Waals surface area contributed by atoms with Crippen molar-refractivity contribution < 1.29 is 18.3 Å². The predicted molar refractivity (Wildman–Crippen MR) is 47.6 cm³/mol. The molecule has 0 radical (unpaired) electrons. The van der Waals surface area contributed by atoms with E-state index in [9.17, 15) is 13.2 Å². The second-order valence-electron chi connectivity index (χ2n) is 2.21. The summed E-state index contributed by atoms with van der Waals surface area (Å²) in [6.07, 6.45) is 3.09. The van der Waals surface area contributed by atoms with Gasteiger partial charge in [0.25, 0.3) is 0 Å². The minimum Gasteiger partial charge on any atom is -0.480 e. The van der Waals surface area contributed by atoms with E-state index in [2.05, 4.69) is 4.72 Å². The van der Waals surface area contributed by atoms with Gasteiger partial charge in [-0.2, -0.15) is 0 Å². The van der Waals surface area contributed by atoms with Gasteiger partial charge in [0, 0.05) is 13.1 Å². The molecule has 0 atom stereocenters. The summed E-state index contributed by atoms with van der Waals surface area (Å²) < 4.78 is 23.8. The molecule has 0 bridgehead atoms. The zero-order valence-electron chi connectivity index (χ0n) is 6.93. The maximum atomic E-state index is 10.8. The van der Waals surface area contributed by atoms with E-state index in [4.69, 9.17) is 10.8 Å². The normalized spacial score (nSPS) is 12.1. The van der Waals surface area contributed by atoms with Crippen molar-refractivity contribution in [3.8, 4) is 0 Å². The van der Waals surface area contributed by atoms with Gasteiger partial charge in [0.2, 0.25) is 10.0 Å². The Hall–Kier alpha value is -0.920. The summed E-state index contributed by atoms with van der Waals surface area (Å²) in [4.78, 5) is 10.0.